The average molecular weight is 365 g/mol. The van der Waals surface area contributed by atoms with Gasteiger partial charge >= 0.3 is 0 Å². The molecule has 0 saturated carbocycles. The van der Waals surface area contributed by atoms with Crippen molar-refractivity contribution in [3.63, 3.8) is 0 Å². The molecule has 0 unspecified atom stereocenters. The van der Waals surface area contributed by atoms with E-state index in [2.05, 4.69) is 20.9 Å². The predicted molar refractivity (Wildman–Crippen MR) is 84.8 cm³/mol. The normalized spacial score (nSPS) is 12.0. The van der Waals surface area contributed by atoms with Crippen LogP contribution in [-0.2, 0) is 7.05 Å². The first kappa shape index (κ1) is 14.2. The van der Waals surface area contributed by atoms with Crippen LogP contribution in [-0.4, -0.2) is 10.5 Å². The van der Waals surface area contributed by atoms with Gasteiger partial charge in [0.1, 0.15) is 5.82 Å². The third-order valence-corrected chi connectivity index (χ3v) is 4.63. The minimum Gasteiger partial charge on any atom is -0.317 e. The van der Waals surface area contributed by atoms with Crippen molar-refractivity contribution >= 4 is 43.4 Å². The van der Waals surface area contributed by atoms with E-state index in [1.807, 2.05) is 12.1 Å². The molecular formula is C15H10BrFN2OS. The molecule has 0 bridgehead atoms. The van der Waals surface area contributed by atoms with Gasteiger partial charge in [-0.2, -0.15) is 4.99 Å². The van der Waals surface area contributed by atoms with Gasteiger partial charge in [-0.05, 0) is 30.3 Å². The highest BCUT2D eigenvalue weighted by Gasteiger charge is 2.10. The summed E-state index contributed by atoms with van der Waals surface area (Å²) in [5.41, 5.74) is 0.950. The van der Waals surface area contributed by atoms with Gasteiger partial charge in [-0.3, -0.25) is 4.79 Å². The molecule has 0 aliphatic rings. The molecule has 2 aromatic carbocycles. The van der Waals surface area contributed by atoms with Gasteiger partial charge in [0.25, 0.3) is 5.91 Å². The monoisotopic (exact) mass is 364 g/mol. The number of rotatable bonds is 1. The summed E-state index contributed by atoms with van der Waals surface area (Å²) in [6.07, 6.45) is 0. The van der Waals surface area contributed by atoms with E-state index >= 15 is 0 Å². The number of amides is 1. The second-order valence-corrected chi connectivity index (χ2v) is 6.38. The first-order valence-electron chi connectivity index (χ1n) is 6.15. The van der Waals surface area contributed by atoms with Gasteiger partial charge in [0, 0.05) is 17.1 Å². The molecule has 1 amide bonds. The second-order valence-electron chi connectivity index (χ2n) is 4.46. The number of aryl methyl sites for hydroxylation is 1. The Bertz CT molecular complexity index is 913. The summed E-state index contributed by atoms with van der Waals surface area (Å²) in [7, 11) is 1.70. The van der Waals surface area contributed by atoms with Crippen LogP contribution >= 0.6 is 27.3 Å². The molecular weight excluding hydrogens is 355 g/mol. The van der Waals surface area contributed by atoms with Crippen molar-refractivity contribution in [2.45, 2.75) is 0 Å². The Labute approximate surface area is 132 Å². The van der Waals surface area contributed by atoms with Gasteiger partial charge in [0.05, 0.1) is 10.2 Å². The zero-order chi connectivity index (χ0) is 15.0. The quantitative estimate of drug-likeness (QED) is 0.645. The molecule has 3 aromatic rings. The van der Waals surface area contributed by atoms with Gasteiger partial charge in [0.2, 0.25) is 0 Å². The van der Waals surface area contributed by atoms with Gasteiger partial charge in [-0.15, -0.1) is 0 Å². The minimum absolute atomic E-state index is 0.317. The number of hydrogen-bond donors (Lipinski definition) is 0. The number of thiazole rings is 1. The van der Waals surface area contributed by atoms with Crippen LogP contribution in [0.5, 0.6) is 0 Å². The Morgan fingerprint density at radius 1 is 1.29 bits per heavy atom. The Hall–Kier alpha value is -1.79. The van der Waals surface area contributed by atoms with Crippen LogP contribution in [0.2, 0.25) is 0 Å². The van der Waals surface area contributed by atoms with E-state index in [-0.39, 0.29) is 11.7 Å². The SMILES string of the molecule is Cn1c(=NC(=O)c2cccc(Br)c2)sc2cccc(F)c21. The summed E-state index contributed by atoms with van der Waals surface area (Å²) in [6, 6.07) is 11.9. The molecule has 21 heavy (non-hydrogen) atoms. The smallest absolute Gasteiger partial charge is 0.279 e. The molecule has 106 valence electrons. The van der Waals surface area contributed by atoms with Crippen LogP contribution in [0.1, 0.15) is 10.4 Å². The molecule has 0 aliphatic carbocycles. The highest BCUT2D eigenvalue weighted by Crippen LogP contribution is 2.19. The van der Waals surface area contributed by atoms with Crippen molar-refractivity contribution in [2.24, 2.45) is 12.0 Å². The van der Waals surface area contributed by atoms with E-state index in [9.17, 15) is 9.18 Å². The highest BCUT2D eigenvalue weighted by atomic mass is 79.9. The van der Waals surface area contributed by atoms with Gasteiger partial charge in [-0.1, -0.05) is 39.4 Å². The first-order chi connectivity index (χ1) is 10.1. The minimum atomic E-state index is -0.348. The Balaban J connectivity index is 2.14. The maximum atomic E-state index is 13.8. The fourth-order valence-electron chi connectivity index (χ4n) is 2.04. The zero-order valence-corrected chi connectivity index (χ0v) is 13.4. The lowest BCUT2D eigenvalue weighted by atomic mass is 10.2. The number of nitrogens with zero attached hydrogens (tertiary/aromatic N) is 2. The standard InChI is InChI=1S/C15H10BrFN2OS/c1-19-13-11(17)6-3-7-12(13)21-15(19)18-14(20)9-4-2-5-10(16)8-9/h2-8H,1H3. The second kappa shape index (κ2) is 5.54. The summed E-state index contributed by atoms with van der Waals surface area (Å²) < 4.78 is 17.0. The van der Waals surface area contributed by atoms with E-state index in [0.717, 1.165) is 9.17 Å². The lowest BCUT2D eigenvalue weighted by Gasteiger charge is -1.97. The molecule has 0 saturated heterocycles. The van der Waals surface area contributed by atoms with Gasteiger partial charge in [0.15, 0.2) is 4.80 Å². The van der Waals surface area contributed by atoms with Gasteiger partial charge in [-0.25, -0.2) is 4.39 Å². The lowest BCUT2D eigenvalue weighted by molar-refractivity contribution is 0.0998. The summed E-state index contributed by atoms with van der Waals surface area (Å²) in [5.74, 6) is -0.665. The fourth-order valence-corrected chi connectivity index (χ4v) is 3.47. The molecule has 0 atom stereocenters. The number of aromatic nitrogens is 1. The molecule has 3 nitrogen and oxygen atoms in total. The summed E-state index contributed by atoms with van der Waals surface area (Å²) in [5, 5.41) is 0. The van der Waals surface area contributed by atoms with E-state index in [0.29, 0.717) is 15.9 Å². The molecule has 1 heterocycles. The number of hydrogen-bond acceptors (Lipinski definition) is 2. The van der Waals surface area contributed by atoms with Crippen molar-refractivity contribution in [3.8, 4) is 0 Å². The molecule has 3 rings (SSSR count). The van der Waals surface area contributed by atoms with Crippen molar-refractivity contribution in [2.75, 3.05) is 0 Å². The average Bonchev–Trinajstić information content (AvgIpc) is 2.77. The van der Waals surface area contributed by atoms with Crippen LogP contribution in [0.25, 0.3) is 10.2 Å². The molecule has 1 aromatic heterocycles. The molecule has 0 spiro atoms. The van der Waals surface area contributed by atoms with Crippen molar-refractivity contribution < 1.29 is 9.18 Å². The number of fused-ring (bicyclic) bond motifs is 1. The number of benzene rings is 2. The van der Waals surface area contributed by atoms with Crippen LogP contribution < -0.4 is 4.80 Å². The number of carbonyl (C=O) groups excluding carboxylic acids is 1. The van der Waals surface area contributed by atoms with Crippen LogP contribution in [0.4, 0.5) is 4.39 Å². The molecule has 6 heteroatoms. The molecule has 0 N–H and O–H groups in total. The van der Waals surface area contributed by atoms with Crippen LogP contribution in [0.3, 0.4) is 0 Å². The fraction of sp³-hybridized carbons (Fsp3) is 0.0667. The lowest BCUT2D eigenvalue weighted by Crippen LogP contribution is -2.13. The summed E-state index contributed by atoms with van der Waals surface area (Å²) >= 11 is 4.61. The molecule has 0 aliphatic heterocycles. The third-order valence-electron chi connectivity index (χ3n) is 3.04. The number of halogens is 2. The predicted octanol–water partition coefficient (Wildman–Crippen LogP) is 3.88. The van der Waals surface area contributed by atoms with Crippen molar-refractivity contribution in [1.82, 2.24) is 4.57 Å². The Kier molecular flexibility index (Phi) is 3.73. The third kappa shape index (κ3) is 2.69. The summed E-state index contributed by atoms with van der Waals surface area (Å²) in [4.78, 5) is 16.8. The maximum absolute atomic E-state index is 13.8. The van der Waals surface area contributed by atoms with Crippen LogP contribution in [0.15, 0.2) is 51.9 Å². The van der Waals surface area contributed by atoms with Gasteiger partial charge < -0.3 is 4.57 Å². The molecule has 0 fully saturated rings. The van der Waals surface area contributed by atoms with Crippen molar-refractivity contribution in [1.29, 1.82) is 0 Å². The van der Waals surface area contributed by atoms with E-state index in [1.165, 1.54) is 17.4 Å². The van der Waals surface area contributed by atoms with E-state index in [4.69, 9.17) is 0 Å². The Morgan fingerprint density at radius 3 is 2.76 bits per heavy atom. The Morgan fingerprint density at radius 2 is 2.05 bits per heavy atom. The maximum Gasteiger partial charge on any atom is 0.279 e. The topological polar surface area (TPSA) is 34.4 Å². The van der Waals surface area contributed by atoms with E-state index in [1.54, 1.807) is 35.9 Å². The molecule has 0 radical (unpaired) electrons. The summed E-state index contributed by atoms with van der Waals surface area (Å²) in [6.45, 7) is 0. The van der Waals surface area contributed by atoms with Crippen molar-refractivity contribution in [3.05, 3.63) is 63.1 Å². The first-order valence-corrected chi connectivity index (χ1v) is 7.76. The zero-order valence-electron chi connectivity index (χ0n) is 11.0. The number of para-hydroxylation sites is 1. The largest absolute Gasteiger partial charge is 0.317 e. The van der Waals surface area contributed by atoms with Crippen LogP contribution in [0, 0.1) is 5.82 Å². The number of carbonyl (C=O) groups is 1. The highest BCUT2D eigenvalue weighted by molar-refractivity contribution is 9.10. The van der Waals surface area contributed by atoms with E-state index < -0.39 is 0 Å².